The van der Waals surface area contributed by atoms with Gasteiger partial charge < -0.3 is 4.90 Å². The molecule has 0 radical (unpaired) electrons. The van der Waals surface area contributed by atoms with Gasteiger partial charge in [0, 0.05) is 23.6 Å². The summed E-state index contributed by atoms with van der Waals surface area (Å²) in [5.74, 6) is 1.14. The second-order valence-electron chi connectivity index (χ2n) is 4.64. The Morgan fingerprint density at radius 1 is 1.41 bits per heavy atom. The summed E-state index contributed by atoms with van der Waals surface area (Å²) in [4.78, 5) is 2.37. The van der Waals surface area contributed by atoms with E-state index in [4.69, 9.17) is 0 Å². The quantitative estimate of drug-likeness (QED) is 0.761. The molecule has 1 saturated heterocycles. The first-order valence-electron chi connectivity index (χ1n) is 6.02. The smallest absolute Gasteiger partial charge is 0.101 e. The summed E-state index contributed by atoms with van der Waals surface area (Å²) >= 11 is 2.02. The Hall–Kier alpha value is -1.14. The number of thioether (sulfide) groups is 1. The van der Waals surface area contributed by atoms with Gasteiger partial charge in [0.2, 0.25) is 0 Å². The number of hydrogen-bond donors (Lipinski definition) is 0. The summed E-state index contributed by atoms with van der Waals surface area (Å²) < 4.78 is 0. The average Bonchev–Trinajstić information content (AvgIpc) is 2.33. The van der Waals surface area contributed by atoms with Crippen molar-refractivity contribution in [3.8, 4) is 6.07 Å². The first kappa shape index (κ1) is 12.3. The summed E-state index contributed by atoms with van der Waals surface area (Å²) in [5.41, 5.74) is 3.05. The molecule has 0 spiro atoms. The van der Waals surface area contributed by atoms with Crippen molar-refractivity contribution >= 4 is 17.4 Å². The predicted octanol–water partition coefficient (Wildman–Crippen LogP) is 3.20. The monoisotopic (exact) mass is 246 g/mol. The third kappa shape index (κ3) is 2.42. The van der Waals surface area contributed by atoms with E-state index in [9.17, 15) is 5.26 Å². The molecule has 1 heterocycles. The van der Waals surface area contributed by atoms with Gasteiger partial charge in [0.1, 0.15) is 6.07 Å². The van der Waals surface area contributed by atoms with Crippen molar-refractivity contribution in [3.63, 3.8) is 0 Å². The molecular formula is C14H18N2S. The molecule has 0 amide bonds. The van der Waals surface area contributed by atoms with Gasteiger partial charge in [0.25, 0.3) is 0 Å². The van der Waals surface area contributed by atoms with Gasteiger partial charge in [0.05, 0.1) is 11.3 Å². The van der Waals surface area contributed by atoms with Gasteiger partial charge >= 0.3 is 0 Å². The number of nitrogens with zero attached hydrogens (tertiary/aromatic N) is 2. The van der Waals surface area contributed by atoms with E-state index in [1.165, 1.54) is 0 Å². The van der Waals surface area contributed by atoms with E-state index >= 15 is 0 Å². The Morgan fingerprint density at radius 2 is 2.18 bits per heavy atom. The Labute approximate surface area is 108 Å². The largest absolute Gasteiger partial charge is 0.366 e. The van der Waals surface area contributed by atoms with Crippen LogP contribution in [0.3, 0.4) is 0 Å². The molecule has 90 valence electrons. The lowest BCUT2D eigenvalue weighted by atomic mass is 10.1. The van der Waals surface area contributed by atoms with Crippen LogP contribution in [-0.2, 0) is 0 Å². The number of benzene rings is 1. The maximum Gasteiger partial charge on any atom is 0.101 e. The highest BCUT2D eigenvalue weighted by Crippen LogP contribution is 2.31. The molecule has 0 bridgehead atoms. The van der Waals surface area contributed by atoms with Crippen molar-refractivity contribution in [2.75, 3.05) is 17.2 Å². The van der Waals surface area contributed by atoms with Crippen LogP contribution in [0.2, 0.25) is 0 Å². The summed E-state index contributed by atoms with van der Waals surface area (Å²) in [5, 5.41) is 9.87. The molecule has 1 fully saturated rings. The molecule has 17 heavy (non-hydrogen) atoms. The summed E-state index contributed by atoms with van der Waals surface area (Å²) in [6, 6.07) is 8.97. The minimum atomic E-state index is 0.489. The van der Waals surface area contributed by atoms with Crippen molar-refractivity contribution in [1.29, 1.82) is 5.26 Å². The molecule has 2 nitrogen and oxygen atoms in total. The van der Waals surface area contributed by atoms with E-state index in [0.29, 0.717) is 11.3 Å². The van der Waals surface area contributed by atoms with Crippen molar-refractivity contribution in [1.82, 2.24) is 0 Å². The van der Waals surface area contributed by atoms with E-state index in [1.54, 1.807) is 0 Å². The summed E-state index contributed by atoms with van der Waals surface area (Å²) in [6.45, 7) is 7.58. The predicted molar refractivity (Wildman–Crippen MR) is 74.6 cm³/mol. The van der Waals surface area contributed by atoms with Gasteiger partial charge in [-0.3, -0.25) is 0 Å². The van der Waals surface area contributed by atoms with Crippen LogP contribution in [0.5, 0.6) is 0 Å². The molecular weight excluding hydrogens is 228 g/mol. The fourth-order valence-electron chi connectivity index (χ4n) is 2.26. The van der Waals surface area contributed by atoms with Gasteiger partial charge in [-0.2, -0.15) is 17.0 Å². The molecule has 1 aromatic rings. The van der Waals surface area contributed by atoms with Crippen LogP contribution in [0.4, 0.5) is 5.69 Å². The highest BCUT2D eigenvalue weighted by Gasteiger charge is 2.26. The molecule has 1 aliphatic rings. The van der Waals surface area contributed by atoms with Crippen LogP contribution in [0.1, 0.15) is 25.0 Å². The molecule has 3 heteroatoms. The molecule has 1 aliphatic heterocycles. The molecule has 0 saturated carbocycles. The highest BCUT2D eigenvalue weighted by atomic mass is 32.2. The molecule has 0 aromatic heterocycles. The lowest BCUT2D eigenvalue weighted by molar-refractivity contribution is 0.627. The van der Waals surface area contributed by atoms with Crippen molar-refractivity contribution in [2.24, 2.45) is 0 Å². The van der Waals surface area contributed by atoms with E-state index < -0.39 is 0 Å². The first-order valence-corrected chi connectivity index (χ1v) is 7.07. The zero-order chi connectivity index (χ0) is 12.4. The van der Waals surface area contributed by atoms with Crippen LogP contribution in [0.25, 0.3) is 0 Å². The van der Waals surface area contributed by atoms with Gasteiger partial charge in [-0.15, -0.1) is 0 Å². The Morgan fingerprint density at radius 3 is 2.88 bits per heavy atom. The highest BCUT2D eigenvalue weighted by molar-refractivity contribution is 8.00. The molecule has 0 aliphatic carbocycles. The van der Waals surface area contributed by atoms with Crippen molar-refractivity contribution in [3.05, 3.63) is 29.3 Å². The molecule has 2 unspecified atom stereocenters. The zero-order valence-corrected chi connectivity index (χ0v) is 11.4. The van der Waals surface area contributed by atoms with Crippen LogP contribution >= 0.6 is 11.8 Å². The van der Waals surface area contributed by atoms with Crippen LogP contribution in [-0.4, -0.2) is 23.6 Å². The van der Waals surface area contributed by atoms with Gasteiger partial charge in [-0.25, -0.2) is 0 Å². The van der Waals surface area contributed by atoms with Crippen molar-refractivity contribution in [2.45, 2.75) is 32.1 Å². The summed E-state index contributed by atoms with van der Waals surface area (Å²) in [7, 11) is 0. The van der Waals surface area contributed by atoms with Crippen molar-refractivity contribution < 1.29 is 0 Å². The lowest BCUT2D eigenvalue weighted by Crippen LogP contribution is -2.45. The van der Waals surface area contributed by atoms with Crippen LogP contribution < -0.4 is 4.90 Å². The van der Waals surface area contributed by atoms with E-state index in [2.05, 4.69) is 36.9 Å². The Balaban J connectivity index is 2.36. The lowest BCUT2D eigenvalue weighted by Gasteiger charge is -2.39. The number of hydrogen-bond acceptors (Lipinski definition) is 3. The van der Waals surface area contributed by atoms with Crippen LogP contribution in [0.15, 0.2) is 18.2 Å². The van der Waals surface area contributed by atoms with Gasteiger partial charge in [-0.1, -0.05) is 13.0 Å². The van der Waals surface area contributed by atoms with E-state index in [0.717, 1.165) is 29.1 Å². The third-order valence-corrected chi connectivity index (χ3v) is 4.80. The minimum absolute atomic E-state index is 0.489. The topological polar surface area (TPSA) is 27.0 Å². The molecule has 0 N–H and O–H groups in total. The second kappa shape index (κ2) is 5.01. The van der Waals surface area contributed by atoms with Crippen LogP contribution in [0, 0.1) is 18.3 Å². The maximum absolute atomic E-state index is 9.24. The maximum atomic E-state index is 9.24. The normalized spacial score (nSPS) is 24.5. The first-order chi connectivity index (χ1) is 8.13. The second-order valence-corrected chi connectivity index (χ2v) is 6.13. The fraction of sp³-hybridized carbons (Fsp3) is 0.500. The molecule has 2 atom stereocenters. The Kier molecular flexibility index (Phi) is 3.63. The zero-order valence-electron chi connectivity index (χ0n) is 10.6. The fourth-order valence-corrected chi connectivity index (χ4v) is 3.36. The Bertz CT molecular complexity index is 450. The average molecular weight is 246 g/mol. The number of aryl methyl sites for hydroxylation is 1. The number of anilines is 1. The van der Waals surface area contributed by atoms with E-state index in [-0.39, 0.29) is 0 Å². The van der Waals surface area contributed by atoms with Gasteiger partial charge in [0.15, 0.2) is 0 Å². The number of rotatable bonds is 1. The molecule has 1 aromatic carbocycles. The SMILES string of the molecule is Cc1ccc(N2CCSC(C)C2C)c(C#N)c1. The minimum Gasteiger partial charge on any atom is -0.366 e. The summed E-state index contributed by atoms with van der Waals surface area (Å²) in [6.07, 6.45) is 0. The third-order valence-electron chi connectivity index (χ3n) is 3.47. The molecule has 2 rings (SSSR count). The number of nitriles is 1. The standard InChI is InChI=1S/C14H18N2S/c1-10-4-5-14(13(8-10)9-15)16-6-7-17-12(3)11(16)2/h4-5,8,11-12H,6-7H2,1-3H3. The van der Waals surface area contributed by atoms with E-state index in [1.807, 2.05) is 24.8 Å². The van der Waals surface area contributed by atoms with Gasteiger partial charge in [-0.05, 0) is 31.5 Å².